The van der Waals surface area contributed by atoms with Crippen LogP contribution in [0.2, 0.25) is 0 Å². The first-order valence-electron chi connectivity index (χ1n) is 9.25. The van der Waals surface area contributed by atoms with Crippen LogP contribution in [0.25, 0.3) is 0 Å². The summed E-state index contributed by atoms with van der Waals surface area (Å²) in [5.41, 5.74) is 0. The Hall–Kier alpha value is -1.06. The Morgan fingerprint density at radius 2 is 1.56 bits per heavy atom. The van der Waals surface area contributed by atoms with Gasteiger partial charge in [0, 0.05) is 38.2 Å². The zero-order valence-electron chi connectivity index (χ0n) is 16.4. The number of nitrogens with zero attached hydrogens (tertiary/aromatic N) is 2. The zero-order valence-corrected chi connectivity index (χ0v) is 18.8. The van der Waals surface area contributed by atoms with Crippen molar-refractivity contribution in [2.75, 3.05) is 26.5 Å². The van der Waals surface area contributed by atoms with Gasteiger partial charge in [-0.3, -0.25) is 4.79 Å². The Balaban J connectivity index is 2.13. The number of thiocarbonyl (C=S) groups is 2. The Morgan fingerprint density at radius 1 is 1.07 bits per heavy atom. The summed E-state index contributed by atoms with van der Waals surface area (Å²) in [4.78, 5) is 17.2. The van der Waals surface area contributed by atoms with Crippen LogP contribution in [-0.2, 0) is 14.6 Å². The van der Waals surface area contributed by atoms with Gasteiger partial charge in [-0.25, -0.2) is 8.42 Å². The molecule has 2 rings (SSSR count). The van der Waals surface area contributed by atoms with Crippen molar-refractivity contribution >= 4 is 50.0 Å². The SMILES string of the molecule is CC(C)NC=C(C(=O)CN(C)C(=S)C1CC1)S(=O)(=O)CN(C)C(=S)C1CC1. The van der Waals surface area contributed by atoms with Gasteiger partial charge in [0.2, 0.25) is 9.84 Å². The van der Waals surface area contributed by atoms with Gasteiger partial charge in [0.25, 0.3) is 0 Å². The third kappa shape index (κ3) is 6.50. The Kier molecular flexibility index (Phi) is 7.38. The first-order valence-corrected chi connectivity index (χ1v) is 11.7. The molecule has 0 heterocycles. The smallest absolute Gasteiger partial charge is 0.201 e. The Labute approximate surface area is 173 Å². The summed E-state index contributed by atoms with van der Waals surface area (Å²) in [5, 5.41) is 2.94. The number of likely N-dealkylation sites (N-methyl/N-ethyl adjacent to an activating group) is 1. The number of sulfone groups is 1. The fourth-order valence-electron chi connectivity index (χ4n) is 2.63. The number of carbonyl (C=O) groups excluding carboxylic acids is 1. The minimum absolute atomic E-state index is 0.0125. The molecule has 6 nitrogen and oxygen atoms in total. The van der Waals surface area contributed by atoms with Crippen molar-refractivity contribution in [1.29, 1.82) is 0 Å². The average Bonchev–Trinajstić information content (AvgIpc) is 3.45. The quantitative estimate of drug-likeness (QED) is 0.417. The van der Waals surface area contributed by atoms with Crippen LogP contribution in [0.3, 0.4) is 0 Å². The molecule has 0 bridgehead atoms. The van der Waals surface area contributed by atoms with E-state index < -0.39 is 15.6 Å². The molecule has 0 atom stereocenters. The Morgan fingerprint density at radius 3 is 2.00 bits per heavy atom. The number of nitrogens with one attached hydrogen (secondary N) is 1. The van der Waals surface area contributed by atoms with E-state index in [1.807, 2.05) is 13.8 Å². The van der Waals surface area contributed by atoms with Crippen LogP contribution >= 0.6 is 24.4 Å². The fraction of sp³-hybridized carbons (Fsp3) is 0.722. The lowest BCUT2D eigenvalue weighted by Crippen LogP contribution is -2.38. The molecule has 0 amide bonds. The van der Waals surface area contributed by atoms with Gasteiger partial charge in [0.1, 0.15) is 10.8 Å². The third-order valence-electron chi connectivity index (χ3n) is 4.51. The summed E-state index contributed by atoms with van der Waals surface area (Å²) < 4.78 is 25.9. The van der Waals surface area contributed by atoms with Crippen LogP contribution in [0.15, 0.2) is 11.1 Å². The van der Waals surface area contributed by atoms with Crippen LogP contribution in [0.5, 0.6) is 0 Å². The summed E-state index contributed by atoms with van der Waals surface area (Å²) in [6, 6.07) is 0.0125. The van der Waals surface area contributed by atoms with E-state index in [2.05, 4.69) is 5.32 Å². The van der Waals surface area contributed by atoms with E-state index in [0.717, 1.165) is 30.7 Å². The lowest BCUT2D eigenvalue weighted by Gasteiger charge is -2.23. The van der Waals surface area contributed by atoms with Crippen LogP contribution in [-0.4, -0.2) is 66.5 Å². The predicted octanol–water partition coefficient (Wildman–Crippen LogP) is 2.11. The van der Waals surface area contributed by atoms with E-state index in [9.17, 15) is 13.2 Å². The monoisotopic (exact) mass is 431 g/mol. The standard InChI is InChI=1S/C18H29N3O3S3/c1-12(2)19-9-16(15(22)10-20(3)17(25)13-5-6-13)27(23,24)11-21(4)18(26)14-7-8-14/h9,12-14,19H,5-8,10-11H2,1-4H3. The summed E-state index contributed by atoms with van der Waals surface area (Å²) >= 11 is 10.7. The highest BCUT2D eigenvalue weighted by Gasteiger charge is 2.34. The van der Waals surface area contributed by atoms with Gasteiger partial charge in [-0.15, -0.1) is 0 Å². The minimum atomic E-state index is -3.83. The minimum Gasteiger partial charge on any atom is -0.388 e. The molecule has 0 radical (unpaired) electrons. The van der Waals surface area contributed by atoms with Crippen LogP contribution in [0.4, 0.5) is 0 Å². The highest BCUT2D eigenvalue weighted by atomic mass is 32.2. The Bertz CT molecular complexity index is 738. The zero-order chi connectivity index (χ0) is 20.4. The molecular weight excluding hydrogens is 402 g/mol. The maximum absolute atomic E-state index is 13.0. The molecule has 0 aromatic rings. The van der Waals surface area contributed by atoms with Gasteiger partial charge in [-0.2, -0.15) is 0 Å². The second kappa shape index (κ2) is 8.96. The first-order chi connectivity index (χ1) is 12.5. The molecule has 2 aliphatic rings. The van der Waals surface area contributed by atoms with Crippen molar-refractivity contribution in [2.45, 2.75) is 45.6 Å². The molecule has 2 saturated carbocycles. The molecule has 0 aromatic heterocycles. The molecule has 0 aromatic carbocycles. The molecule has 2 fully saturated rings. The molecule has 1 N–H and O–H groups in total. The number of Topliss-reactive ketones (excluding diaryl/α,β-unsaturated/α-hetero) is 1. The van der Waals surface area contributed by atoms with E-state index in [1.54, 1.807) is 23.9 Å². The maximum Gasteiger partial charge on any atom is 0.201 e. The lowest BCUT2D eigenvalue weighted by molar-refractivity contribution is -0.115. The molecule has 0 aliphatic heterocycles. The first kappa shape index (κ1) is 22.2. The summed E-state index contributed by atoms with van der Waals surface area (Å²) in [6.07, 6.45) is 5.41. The van der Waals surface area contributed by atoms with E-state index in [1.165, 1.54) is 6.20 Å². The van der Waals surface area contributed by atoms with Gasteiger partial charge >= 0.3 is 0 Å². The van der Waals surface area contributed by atoms with E-state index in [0.29, 0.717) is 16.8 Å². The van der Waals surface area contributed by atoms with Crippen LogP contribution in [0, 0.1) is 11.8 Å². The summed E-state index contributed by atoms with van der Waals surface area (Å²) in [7, 11) is -0.411. The van der Waals surface area contributed by atoms with Crippen molar-refractivity contribution in [3.8, 4) is 0 Å². The van der Waals surface area contributed by atoms with E-state index in [4.69, 9.17) is 24.4 Å². The van der Waals surface area contributed by atoms with Crippen LogP contribution in [0.1, 0.15) is 39.5 Å². The molecule has 27 heavy (non-hydrogen) atoms. The second-order valence-corrected chi connectivity index (χ2v) is 10.5. The predicted molar refractivity (Wildman–Crippen MR) is 116 cm³/mol. The van der Waals surface area contributed by atoms with Crippen molar-refractivity contribution < 1.29 is 13.2 Å². The highest BCUT2D eigenvalue weighted by molar-refractivity contribution is 7.96. The summed E-state index contributed by atoms with van der Waals surface area (Å²) in [5.74, 6) is -0.118. The number of carbonyl (C=O) groups is 1. The number of ketones is 1. The summed E-state index contributed by atoms with van der Waals surface area (Å²) in [6.45, 7) is 3.72. The highest BCUT2D eigenvalue weighted by Crippen LogP contribution is 2.32. The van der Waals surface area contributed by atoms with E-state index >= 15 is 0 Å². The van der Waals surface area contributed by atoms with Gasteiger partial charge < -0.3 is 15.1 Å². The third-order valence-corrected chi connectivity index (χ3v) is 7.54. The van der Waals surface area contributed by atoms with Crippen molar-refractivity contribution in [3.63, 3.8) is 0 Å². The lowest BCUT2D eigenvalue weighted by atomic mass is 10.3. The largest absolute Gasteiger partial charge is 0.388 e. The van der Waals surface area contributed by atoms with Gasteiger partial charge in [0.15, 0.2) is 5.78 Å². The molecule has 0 spiro atoms. The fourth-order valence-corrected chi connectivity index (χ4v) is 4.76. The normalized spacial score (nSPS) is 17.6. The van der Waals surface area contributed by atoms with Crippen molar-refractivity contribution in [2.24, 2.45) is 11.8 Å². The van der Waals surface area contributed by atoms with Gasteiger partial charge in [-0.05, 0) is 39.5 Å². The van der Waals surface area contributed by atoms with Gasteiger partial charge in [-0.1, -0.05) is 24.4 Å². The number of hydrogen-bond donors (Lipinski definition) is 1. The molecule has 2 aliphatic carbocycles. The number of hydrogen-bond acceptors (Lipinski definition) is 6. The van der Waals surface area contributed by atoms with Crippen molar-refractivity contribution in [3.05, 3.63) is 11.1 Å². The average molecular weight is 432 g/mol. The molecule has 152 valence electrons. The molecule has 9 heteroatoms. The van der Waals surface area contributed by atoms with Crippen molar-refractivity contribution in [1.82, 2.24) is 15.1 Å². The number of rotatable bonds is 10. The van der Waals surface area contributed by atoms with E-state index in [-0.39, 0.29) is 23.4 Å². The molecule has 0 saturated heterocycles. The molecule has 0 unspecified atom stereocenters. The van der Waals surface area contributed by atoms with Gasteiger partial charge in [0.05, 0.1) is 16.5 Å². The second-order valence-electron chi connectivity index (χ2n) is 7.78. The topological polar surface area (TPSA) is 69.7 Å². The van der Waals surface area contributed by atoms with Crippen LogP contribution < -0.4 is 5.32 Å². The molecular formula is C18H29N3O3S3. The maximum atomic E-state index is 13.0.